The predicted molar refractivity (Wildman–Crippen MR) is 49.3 cm³/mol. The summed E-state index contributed by atoms with van der Waals surface area (Å²) in [5.41, 5.74) is 0.236. The average Bonchev–Trinajstić information content (AvgIpc) is 2.52. The molecule has 0 aliphatic rings. The molecule has 0 saturated carbocycles. The topological polar surface area (TPSA) is 66.4 Å². The van der Waals surface area contributed by atoms with Crippen LogP contribution in [0.25, 0.3) is 0 Å². The van der Waals surface area contributed by atoms with Crippen LogP contribution in [0.4, 0.5) is 0 Å². The van der Waals surface area contributed by atoms with Gasteiger partial charge in [-0.25, -0.2) is 4.79 Å². The second-order valence-corrected chi connectivity index (χ2v) is 3.24. The van der Waals surface area contributed by atoms with Crippen molar-refractivity contribution in [2.24, 2.45) is 0 Å². The number of carbonyl (C=O) groups excluding carboxylic acids is 1. The molecule has 1 amide bonds. The van der Waals surface area contributed by atoms with Crippen molar-refractivity contribution in [3.8, 4) is 0 Å². The van der Waals surface area contributed by atoms with E-state index in [0.717, 1.165) is 11.3 Å². The van der Waals surface area contributed by atoms with Gasteiger partial charge in [-0.05, 0) is 18.4 Å². The third-order valence-electron chi connectivity index (χ3n) is 1.44. The molecule has 0 aromatic carbocycles. The molecule has 0 saturated heterocycles. The third-order valence-corrected chi connectivity index (χ3v) is 2.34. The molecule has 70 valence electrons. The smallest absolute Gasteiger partial charge is 0.346 e. The Morgan fingerprint density at radius 2 is 2.31 bits per heavy atom. The lowest BCUT2D eigenvalue weighted by atomic mass is 10.2. The molecule has 0 fully saturated rings. The number of hydrogen-bond donors (Lipinski definition) is 2. The molecule has 1 rings (SSSR count). The van der Waals surface area contributed by atoms with Crippen molar-refractivity contribution in [2.75, 3.05) is 6.54 Å². The highest BCUT2D eigenvalue weighted by atomic mass is 32.1. The molecule has 0 aliphatic heterocycles. The highest BCUT2D eigenvalue weighted by Gasteiger charge is 2.16. The summed E-state index contributed by atoms with van der Waals surface area (Å²) in [5, 5.41) is 12.8. The number of carboxylic acids is 1. The fourth-order valence-electron chi connectivity index (χ4n) is 0.909. The van der Waals surface area contributed by atoms with Crippen molar-refractivity contribution < 1.29 is 14.7 Å². The summed E-state index contributed by atoms with van der Waals surface area (Å²) < 4.78 is 0. The number of carbonyl (C=O) groups is 2. The lowest BCUT2D eigenvalue weighted by Crippen LogP contribution is -2.23. The van der Waals surface area contributed by atoms with Crippen molar-refractivity contribution >= 4 is 23.2 Å². The van der Waals surface area contributed by atoms with Crippen molar-refractivity contribution in [1.29, 1.82) is 0 Å². The normalized spacial score (nSPS) is 9.62. The molecule has 0 aliphatic carbocycles. The van der Waals surface area contributed by atoms with Gasteiger partial charge in [-0.2, -0.15) is 0 Å². The first-order chi connectivity index (χ1) is 6.16. The van der Waals surface area contributed by atoms with Crippen molar-refractivity contribution in [2.45, 2.75) is 6.92 Å². The Hall–Kier alpha value is -1.36. The fourth-order valence-corrected chi connectivity index (χ4v) is 1.64. The molecule has 4 nitrogen and oxygen atoms in total. The van der Waals surface area contributed by atoms with Gasteiger partial charge in [-0.3, -0.25) is 4.79 Å². The van der Waals surface area contributed by atoms with Crippen LogP contribution in [0.15, 0.2) is 11.4 Å². The van der Waals surface area contributed by atoms with E-state index >= 15 is 0 Å². The molecule has 0 spiro atoms. The third kappa shape index (κ3) is 2.06. The molecule has 5 heteroatoms. The lowest BCUT2D eigenvalue weighted by molar-refractivity contribution is 0.0696. The van der Waals surface area contributed by atoms with E-state index in [1.807, 2.05) is 0 Å². The van der Waals surface area contributed by atoms with Gasteiger partial charge in [0.1, 0.15) is 4.88 Å². The number of rotatable bonds is 3. The molecule has 0 unspecified atom stereocenters. The minimum absolute atomic E-state index is 0.0888. The van der Waals surface area contributed by atoms with Crippen LogP contribution in [0, 0.1) is 0 Å². The molecule has 1 aromatic rings. The quantitative estimate of drug-likeness (QED) is 0.768. The largest absolute Gasteiger partial charge is 0.477 e. The summed E-state index contributed by atoms with van der Waals surface area (Å²) in [6.07, 6.45) is 0. The van der Waals surface area contributed by atoms with E-state index in [1.165, 1.54) is 6.07 Å². The van der Waals surface area contributed by atoms with Gasteiger partial charge < -0.3 is 10.4 Å². The second kappa shape index (κ2) is 4.04. The van der Waals surface area contributed by atoms with Gasteiger partial charge >= 0.3 is 5.97 Å². The van der Waals surface area contributed by atoms with Crippen LogP contribution in [-0.4, -0.2) is 23.5 Å². The van der Waals surface area contributed by atoms with E-state index in [1.54, 1.807) is 12.3 Å². The summed E-state index contributed by atoms with van der Waals surface area (Å²) in [5.74, 6) is -1.39. The number of nitrogens with one attached hydrogen (secondary N) is 1. The zero-order valence-electron chi connectivity index (χ0n) is 7.03. The van der Waals surface area contributed by atoms with E-state index in [-0.39, 0.29) is 16.3 Å². The molecule has 0 bridgehead atoms. The first-order valence-electron chi connectivity index (χ1n) is 3.75. The van der Waals surface area contributed by atoms with E-state index in [9.17, 15) is 9.59 Å². The second-order valence-electron chi connectivity index (χ2n) is 2.33. The number of hydrogen-bond acceptors (Lipinski definition) is 3. The van der Waals surface area contributed by atoms with Gasteiger partial charge in [0.25, 0.3) is 5.91 Å². The minimum atomic E-state index is -1.06. The standard InChI is InChI=1S/C8H9NO3S/c1-2-9-7(10)5-3-4-13-6(5)8(11)12/h3-4H,2H2,1H3,(H,9,10)(H,11,12). The molecular weight excluding hydrogens is 190 g/mol. The van der Waals surface area contributed by atoms with Gasteiger partial charge in [0, 0.05) is 6.54 Å². The Balaban J connectivity index is 2.93. The van der Waals surface area contributed by atoms with E-state index in [0.29, 0.717) is 6.54 Å². The van der Waals surface area contributed by atoms with Crippen molar-refractivity contribution in [1.82, 2.24) is 5.32 Å². The van der Waals surface area contributed by atoms with Crippen LogP contribution in [-0.2, 0) is 0 Å². The maximum absolute atomic E-state index is 11.3. The van der Waals surface area contributed by atoms with E-state index < -0.39 is 5.97 Å². The Morgan fingerprint density at radius 3 is 2.85 bits per heavy atom. The van der Waals surface area contributed by atoms with Gasteiger partial charge in [0.05, 0.1) is 5.56 Å². The number of amides is 1. The zero-order chi connectivity index (χ0) is 9.84. The molecular formula is C8H9NO3S. The summed E-state index contributed by atoms with van der Waals surface area (Å²) in [7, 11) is 0. The Bertz CT molecular complexity index is 332. The molecule has 13 heavy (non-hydrogen) atoms. The van der Waals surface area contributed by atoms with Gasteiger partial charge in [0.2, 0.25) is 0 Å². The Morgan fingerprint density at radius 1 is 1.62 bits per heavy atom. The fraction of sp³-hybridized carbons (Fsp3) is 0.250. The molecule has 1 aromatic heterocycles. The van der Waals surface area contributed by atoms with E-state index in [2.05, 4.69) is 5.32 Å². The minimum Gasteiger partial charge on any atom is -0.477 e. The molecule has 1 heterocycles. The average molecular weight is 199 g/mol. The molecule has 0 radical (unpaired) electrons. The highest BCUT2D eigenvalue weighted by Crippen LogP contribution is 2.16. The number of thiophene rings is 1. The predicted octanol–water partition coefficient (Wildman–Crippen LogP) is 1.20. The van der Waals surface area contributed by atoms with Crippen LogP contribution in [0.5, 0.6) is 0 Å². The van der Waals surface area contributed by atoms with Crippen LogP contribution in [0.3, 0.4) is 0 Å². The number of carboxylic acid groups (broad SMARTS) is 1. The van der Waals surface area contributed by atoms with Gasteiger partial charge in [-0.15, -0.1) is 11.3 Å². The lowest BCUT2D eigenvalue weighted by Gasteiger charge is -1.99. The van der Waals surface area contributed by atoms with Crippen LogP contribution in [0.1, 0.15) is 27.0 Å². The van der Waals surface area contributed by atoms with Crippen LogP contribution in [0.2, 0.25) is 0 Å². The first-order valence-corrected chi connectivity index (χ1v) is 4.63. The maximum atomic E-state index is 11.3. The summed E-state index contributed by atoms with van der Waals surface area (Å²) in [4.78, 5) is 22.0. The molecule has 0 atom stereocenters. The highest BCUT2D eigenvalue weighted by molar-refractivity contribution is 7.12. The molecule has 2 N–H and O–H groups in total. The van der Waals surface area contributed by atoms with Gasteiger partial charge in [0.15, 0.2) is 0 Å². The maximum Gasteiger partial charge on any atom is 0.346 e. The summed E-state index contributed by atoms with van der Waals surface area (Å²) in [6.45, 7) is 2.28. The first kappa shape index (κ1) is 9.73. The number of aromatic carboxylic acids is 1. The van der Waals surface area contributed by atoms with Crippen molar-refractivity contribution in [3.05, 3.63) is 21.9 Å². The zero-order valence-corrected chi connectivity index (χ0v) is 7.85. The summed E-state index contributed by atoms with van der Waals surface area (Å²) >= 11 is 1.05. The summed E-state index contributed by atoms with van der Waals surface area (Å²) in [6, 6.07) is 1.51. The van der Waals surface area contributed by atoms with Crippen LogP contribution < -0.4 is 5.32 Å². The van der Waals surface area contributed by atoms with E-state index in [4.69, 9.17) is 5.11 Å². The van der Waals surface area contributed by atoms with Crippen LogP contribution >= 0.6 is 11.3 Å². The Labute approximate surface area is 79.2 Å². The Kier molecular flexibility index (Phi) is 3.02. The van der Waals surface area contributed by atoms with Gasteiger partial charge in [-0.1, -0.05) is 0 Å². The van der Waals surface area contributed by atoms with Crippen molar-refractivity contribution in [3.63, 3.8) is 0 Å². The SMILES string of the molecule is CCNC(=O)c1ccsc1C(=O)O. The monoisotopic (exact) mass is 199 g/mol.